The number of ether oxygens (including phenoxy) is 1. The summed E-state index contributed by atoms with van der Waals surface area (Å²) in [6, 6.07) is 9.56. The number of allylic oxidation sites excluding steroid dienone is 6. The number of aromatic hydroxyl groups is 1. The molecule has 0 unspecified atom stereocenters. The average Bonchev–Trinajstić information content (AvgIpc) is 2.99. The summed E-state index contributed by atoms with van der Waals surface area (Å²) in [6.07, 6.45) is 25.9. The molecule has 4 rings (SSSR count). The molecule has 1 fully saturated rings. The van der Waals surface area contributed by atoms with Crippen LogP contribution in [0.4, 0.5) is 0 Å². The Morgan fingerprint density at radius 2 is 1.98 bits per heavy atom. The van der Waals surface area contributed by atoms with Crippen molar-refractivity contribution in [3.8, 4) is 22.6 Å². The fraction of sp³-hybridized carbons (Fsp3) is 0.417. The van der Waals surface area contributed by atoms with Crippen LogP contribution in [0, 0.1) is 5.92 Å². The van der Waals surface area contributed by atoms with Gasteiger partial charge in [-0.15, -0.1) is 0 Å². The van der Waals surface area contributed by atoms with Gasteiger partial charge in [-0.3, -0.25) is 4.79 Å². The third-order valence-electron chi connectivity index (χ3n) is 7.82. The van der Waals surface area contributed by atoms with E-state index in [0.717, 1.165) is 59.4 Å². The maximum Gasteiger partial charge on any atom is 0.251 e. The molecule has 0 radical (unpaired) electrons. The van der Waals surface area contributed by atoms with Crippen molar-refractivity contribution < 1.29 is 14.6 Å². The van der Waals surface area contributed by atoms with Gasteiger partial charge in [0.25, 0.3) is 5.91 Å². The Balaban J connectivity index is 1.61. The van der Waals surface area contributed by atoms with E-state index < -0.39 is 0 Å². The molecule has 1 amide bonds. The van der Waals surface area contributed by atoms with Crippen LogP contribution in [0.1, 0.15) is 88.4 Å². The Labute approximate surface area is 239 Å². The number of carbonyl (C=O) groups is 1. The van der Waals surface area contributed by atoms with Crippen LogP contribution in [0.5, 0.6) is 11.5 Å². The Bertz CT molecular complexity index is 1360. The van der Waals surface area contributed by atoms with E-state index in [-0.39, 0.29) is 11.7 Å². The van der Waals surface area contributed by atoms with E-state index in [1.165, 1.54) is 37.7 Å². The number of hydrogen-bond donors (Lipinski definition) is 2. The molecule has 2 aliphatic carbocycles. The van der Waals surface area contributed by atoms with Crippen LogP contribution in [-0.2, 0) is 0 Å². The molecule has 0 spiro atoms. The minimum absolute atomic E-state index is 0.0888. The van der Waals surface area contributed by atoms with Gasteiger partial charge in [0.2, 0.25) is 0 Å². The van der Waals surface area contributed by atoms with Crippen molar-refractivity contribution in [1.29, 1.82) is 0 Å². The molecule has 0 atom stereocenters. The first-order chi connectivity index (χ1) is 19.6. The molecule has 212 valence electrons. The number of nitrogens with one attached hydrogen (secondary N) is 1. The zero-order valence-corrected chi connectivity index (χ0v) is 24.3. The number of carbonyl (C=O) groups excluding carboxylic acids is 1. The van der Waals surface area contributed by atoms with E-state index in [2.05, 4.69) is 36.5 Å². The van der Waals surface area contributed by atoms with Crippen molar-refractivity contribution in [2.45, 2.75) is 78.1 Å². The minimum atomic E-state index is -0.0888. The van der Waals surface area contributed by atoms with E-state index in [4.69, 9.17) is 4.74 Å². The topological polar surface area (TPSA) is 58.6 Å². The lowest BCUT2D eigenvalue weighted by atomic mass is 9.90. The van der Waals surface area contributed by atoms with Crippen LogP contribution in [-0.4, -0.2) is 24.2 Å². The van der Waals surface area contributed by atoms with Gasteiger partial charge in [0.15, 0.2) is 0 Å². The summed E-state index contributed by atoms with van der Waals surface area (Å²) in [5.74, 6) is 1.46. The fourth-order valence-corrected chi connectivity index (χ4v) is 5.61. The van der Waals surface area contributed by atoms with Crippen LogP contribution in [0.15, 0.2) is 66.3 Å². The number of benzene rings is 2. The zero-order chi connectivity index (χ0) is 28.2. The average molecular weight is 540 g/mol. The molecule has 2 aromatic rings. The third-order valence-corrected chi connectivity index (χ3v) is 7.82. The summed E-state index contributed by atoms with van der Waals surface area (Å²) in [4.78, 5) is 13.2. The highest BCUT2D eigenvalue weighted by Gasteiger charge is 2.17. The maximum atomic E-state index is 13.2. The molecule has 1 saturated carbocycles. The molecular formula is C36H45NO3. The highest BCUT2D eigenvalue weighted by molar-refractivity contribution is 5.96. The predicted molar refractivity (Wildman–Crippen MR) is 167 cm³/mol. The molecular weight excluding hydrogens is 494 g/mol. The molecule has 2 N–H and O–H groups in total. The Kier molecular flexibility index (Phi) is 11.3. The van der Waals surface area contributed by atoms with E-state index in [9.17, 15) is 9.90 Å². The summed E-state index contributed by atoms with van der Waals surface area (Å²) in [7, 11) is 0. The predicted octanol–water partition coefficient (Wildman–Crippen LogP) is 7.35. The normalized spacial score (nSPS) is 16.9. The molecule has 0 aliphatic heterocycles. The van der Waals surface area contributed by atoms with Gasteiger partial charge in [-0.25, -0.2) is 0 Å². The van der Waals surface area contributed by atoms with Crippen LogP contribution in [0.25, 0.3) is 23.3 Å². The summed E-state index contributed by atoms with van der Waals surface area (Å²) in [5.41, 5.74) is 3.62. The van der Waals surface area contributed by atoms with Gasteiger partial charge in [0.1, 0.15) is 11.5 Å². The Morgan fingerprint density at radius 3 is 2.73 bits per heavy atom. The Hall–Kier alpha value is -3.53. The van der Waals surface area contributed by atoms with Gasteiger partial charge >= 0.3 is 0 Å². The van der Waals surface area contributed by atoms with E-state index in [0.29, 0.717) is 24.6 Å². The summed E-state index contributed by atoms with van der Waals surface area (Å²) in [6.45, 7) is 5.35. The highest BCUT2D eigenvalue weighted by Crippen LogP contribution is 2.33. The maximum absolute atomic E-state index is 13.2. The SMILES string of the molecule is C\C=C/C=c1/cc(-c2cc(C(=O)NCCCC3=CCCC=C3)ccc2OCC2CCCCC2)cc(O)/c1=C\CC. The first-order valence-corrected chi connectivity index (χ1v) is 15.2. The van der Waals surface area contributed by atoms with Gasteiger partial charge in [-0.2, -0.15) is 0 Å². The zero-order valence-electron chi connectivity index (χ0n) is 24.3. The van der Waals surface area contributed by atoms with Crippen LogP contribution < -0.4 is 20.5 Å². The fourth-order valence-electron chi connectivity index (χ4n) is 5.61. The standard InChI is InChI=1S/C36H45NO3/c1-3-5-19-29-23-31(25-34(38)32(29)13-4-2)33-24-30(20-21-35(33)40-26-28-16-10-7-11-17-28)36(39)37-22-12-18-27-14-8-6-9-15-27/h3,5,8,13-15,19-21,23-25,28,38H,4,6-7,9-12,16-18,22,26H2,1-2H3,(H,37,39)/b5-3-,29-19-,32-13-. The molecule has 0 bridgehead atoms. The molecule has 4 nitrogen and oxygen atoms in total. The number of amides is 1. The second-order valence-corrected chi connectivity index (χ2v) is 10.9. The second kappa shape index (κ2) is 15.3. The molecule has 40 heavy (non-hydrogen) atoms. The molecule has 0 saturated heterocycles. The lowest BCUT2D eigenvalue weighted by Gasteiger charge is -2.23. The molecule has 2 aliphatic rings. The van der Waals surface area contributed by atoms with Crippen molar-refractivity contribution in [3.63, 3.8) is 0 Å². The monoisotopic (exact) mass is 539 g/mol. The quantitative estimate of drug-likeness (QED) is 0.294. The highest BCUT2D eigenvalue weighted by atomic mass is 16.5. The van der Waals surface area contributed by atoms with E-state index in [1.807, 2.05) is 49.4 Å². The van der Waals surface area contributed by atoms with Crippen molar-refractivity contribution >= 4 is 18.1 Å². The molecule has 0 heterocycles. The Morgan fingerprint density at radius 1 is 1.12 bits per heavy atom. The lowest BCUT2D eigenvalue weighted by Crippen LogP contribution is -2.25. The summed E-state index contributed by atoms with van der Waals surface area (Å²) >= 11 is 0. The van der Waals surface area contributed by atoms with E-state index in [1.54, 1.807) is 6.07 Å². The van der Waals surface area contributed by atoms with Gasteiger partial charge in [0, 0.05) is 22.9 Å². The van der Waals surface area contributed by atoms with Gasteiger partial charge in [0.05, 0.1) is 6.61 Å². The van der Waals surface area contributed by atoms with Gasteiger partial charge in [-0.1, -0.05) is 74.3 Å². The minimum Gasteiger partial charge on any atom is -0.507 e. The number of phenolic OH excluding ortho intramolecular Hbond substituents is 1. The number of phenols is 1. The summed E-state index contributed by atoms with van der Waals surface area (Å²) < 4.78 is 6.41. The molecule has 4 heteroatoms. The summed E-state index contributed by atoms with van der Waals surface area (Å²) in [5, 5.41) is 15.9. The third kappa shape index (κ3) is 8.24. The number of hydrogen-bond acceptors (Lipinski definition) is 3. The van der Waals surface area contributed by atoms with Crippen molar-refractivity contribution in [3.05, 3.63) is 82.3 Å². The second-order valence-electron chi connectivity index (χ2n) is 10.9. The van der Waals surface area contributed by atoms with Crippen LogP contribution >= 0.6 is 0 Å². The van der Waals surface area contributed by atoms with Crippen LogP contribution in [0.2, 0.25) is 0 Å². The lowest BCUT2D eigenvalue weighted by molar-refractivity contribution is 0.0953. The van der Waals surface area contributed by atoms with E-state index >= 15 is 0 Å². The molecule has 2 aromatic carbocycles. The number of rotatable bonds is 11. The first kappa shape index (κ1) is 29.5. The van der Waals surface area contributed by atoms with Crippen molar-refractivity contribution in [2.75, 3.05) is 13.2 Å². The largest absolute Gasteiger partial charge is 0.507 e. The smallest absolute Gasteiger partial charge is 0.251 e. The van der Waals surface area contributed by atoms with Crippen LogP contribution in [0.3, 0.4) is 0 Å². The van der Waals surface area contributed by atoms with Gasteiger partial charge in [-0.05, 0) is 98.9 Å². The first-order valence-electron chi connectivity index (χ1n) is 15.2. The molecule has 0 aromatic heterocycles. The van der Waals surface area contributed by atoms with Crippen molar-refractivity contribution in [2.24, 2.45) is 5.92 Å². The van der Waals surface area contributed by atoms with Crippen molar-refractivity contribution in [1.82, 2.24) is 5.32 Å². The van der Waals surface area contributed by atoms with Gasteiger partial charge < -0.3 is 15.2 Å².